The van der Waals surface area contributed by atoms with Crippen LogP contribution >= 0.6 is 0 Å². The molecule has 0 radical (unpaired) electrons. The number of aryl methyl sites for hydroxylation is 1. The van der Waals surface area contributed by atoms with E-state index in [1.165, 1.54) is 19.4 Å². The standard InChI is InChI=1S/C16H23N5/c1-11(2)21-6-4-5-13(10-21)15-8-17-9-16(18-15)14-7-12(3)19-20-14/h7-9,11,13H,4-6,10H2,1-3H3,(H,19,20). The molecule has 3 heterocycles. The molecule has 2 aromatic heterocycles. The van der Waals surface area contributed by atoms with Crippen LogP contribution in [0.2, 0.25) is 0 Å². The zero-order valence-electron chi connectivity index (χ0n) is 13.0. The van der Waals surface area contributed by atoms with Crippen LogP contribution in [0.15, 0.2) is 18.5 Å². The highest BCUT2D eigenvalue weighted by atomic mass is 15.2. The van der Waals surface area contributed by atoms with Crippen molar-refractivity contribution < 1.29 is 0 Å². The average Bonchev–Trinajstić information content (AvgIpc) is 2.94. The van der Waals surface area contributed by atoms with Gasteiger partial charge >= 0.3 is 0 Å². The Morgan fingerprint density at radius 2 is 2.14 bits per heavy atom. The smallest absolute Gasteiger partial charge is 0.112 e. The van der Waals surface area contributed by atoms with Gasteiger partial charge in [-0.1, -0.05) is 0 Å². The molecule has 2 aromatic rings. The molecule has 5 nitrogen and oxygen atoms in total. The lowest BCUT2D eigenvalue weighted by molar-refractivity contribution is 0.166. The van der Waals surface area contributed by atoms with Crippen LogP contribution in [0.3, 0.4) is 0 Å². The van der Waals surface area contributed by atoms with Crippen molar-refractivity contribution in [2.24, 2.45) is 0 Å². The maximum atomic E-state index is 4.80. The molecule has 3 rings (SSSR count). The van der Waals surface area contributed by atoms with Crippen LogP contribution in [0.1, 0.15) is 44.0 Å². The maximum Gasteiger partial charge on any atom is 0.112 e. The molecule has 1 fully saturated rings. The second-order valence-electron chi connectivity index (χ2n) is 6.19. The lowest BCUT2D eigenvalue weighted by Gasteiger charge is -2.35. The van der Waals surface area contributed by atoms with Gasteiger partial charge in [0, 0.05) is 30.4 Å². The molecule has 1 N–H and O–H groups in total. The highest BCUT2D eigenvalue weighted by molar-refractivity contribution is 5.53. The molecule has 1 aliphatic heterocycles. The van der Waals surface area contributed by atoms with Crippen LogP contribution in [0.25, 0.3) is 11.4 Å². The van der Waals surface area contributed by atoms with E-state index in [9.17, 15) is 0 Å². The van der Waals surface area contributed by atoms with Gasteiger partial charge < -0.3 is 4.90 Å². The third-order valence-corrected chi connectivity index (χ3v) is 4.22. The van der Waals surface area contributed by atoms with Crippen molar-refractivity contribution in [3.05, 3.63) is 29.8 Å². The van der Waals surface area contributed by atoms with E-state index in [0.717, 1.165) is 29.3 Å². The number of nitrogens with one attached hydrogen (secondary N) is 1. The van der Waals surface area contributed by atoms with Gasteiger partial charge in [-0.15, -0.1) is 0 Å². The molecule has 112 valence electrons. The fourth-order valence-electron chi connectivity index (χ4n) is 2.97. The fraction of sp³-hybridized carbons (Fsp3) is 0.562. The Labute approximate surface area is 125 Å². The molecule has 0 bridgehead atoms. The molecule has 0 spiro atoms. The quantitative estimate of drug-likeness (QED) is 0.942. The largest absolute Gasteiger partial charge is 0.300 e. The van der Waals surface area contributed by atoms with Crippen molar-refractivity contribution in [3.63, 3.8) is 0 Å². The van der Waals surface area contributed by atoms with Crippen LogP contribution in [-0.2, 0) is 0 Å². The van der Waals surface area contributed by atoms with E-state index in [1.807, 2.05) is 19.2 Å². The second kappa shape index (κ2) is 5.93. The lowest BCUT2D eigenvalue weighted by atomic mass is 9.94. The summed E-state index contributed by atoms with van der Waals surface area (Å²) in [6.45, 7) is 8.79. The van der Waals surface area contributed by atoms with Crippen molar-refractivity contribution in [2.45, 2.75) is 45.6 Å². The van der Waals surface area contributed by atoms with Crippen LogP contribution in [0, 0.1) is 6.92 Å². The first kappa shape index (κ1) is 14.2. The van der Waals surface area contributed by atoms with Crippen LogP contribution in [0.4, 0.5) is 0 Å². The molecule has 1 unspecified atom stereocenters. The van der Waals surface area contributed by atoms with Gasteiger partial charge in [0.1, 0.15) is 11.4 Å². The zero-order valence-corrected chi connectivity index (χ0v) is 13.0. The van der Waals surface area contributed by atoms with Crippen molar-refractivity contribution in [1.29, 1.82) is 0 Å². The third kappa shape index (κ3) is 3.13. The van der Waals surface area contributed by atoms with Gasteiger partial charge in [0.15, 0.2) is 0 Å². The van der Waals surface area contributed by atoms with E-state index in [4.69, 9.17) is 4.98 Å². The summed E-state index contributed by atoms with van der Waals surface area (Å²) in [7, 11) is 0. The first-order chi connectivity index (χ1) is 10.1. The van der Waals surface area contributed by atoms with Crippen molar-refractivity contribution in [3.8, 4) is 11.4 Å². The highest BCUT2D eigenvalue weighted by Gasteiger charge is 2.24. The third-order valence-electron chi connectivity index (χ3n) is 4.22. The Morgan fingerprint density at radius 1 is 1.29 bits per heavy atom. The summed E-state index contributed by atoms with van der Waals surface area (Å²) >= 11 is 0. The summed E-state index contributed by atoms with van der Waals surface area (Å²) in [4.78, 5) is 11.7. The number of piperidine rings is 1. The Kier molecular flexibility index (Phi) is 4.01. The predicted molar refractivity (Wildman–Crippen MR) is 83.0 cm³/mol. The zero-order chi connectivity index (χ0) is 14.8. The molecule has 1 atom stereocenters. The Hall–Kier alpha value is -1.75. The van der Waals surface area contributed by atoms with Gasteiger partial charge in [0.25, 0.3) is 0 Å². The molecular formula is C16H23N5. The summed E-state index contributed by atoms with van der Waals surface area (Å²) < 4.78 is 0. The van der Waals surface area contributed by atoms with Gasteiger partial charge in [-0.3, -0.25) is 10.1 Å². The van der Waals surface area contributed by atoms with E-state index >= 15 is 0 Å². The molecule has 21 heavy (non-hydrogen) atoms. The van der Waals surface area contributed by atoms with E-state index in [2.05, 4.69) is 33.9 Å². The fourth-order valence-corrected chi connectivity index (χ4v) is 2.97. The second-order valence-corrected chi connectivity index (χ2v) is 6.19. The number of H-pyrrole nitrogens is 1. The minimum absolute atomic E-state index is 0.480. The Bertz CT molecular complexity index is 604. The predicted octanol–water partition coefficient (Wildman–Crippen LogP) is 2.76. The number of rotatable bonds is 3. The molecule has 0 aromatic carbocycles. The Morgan fingerprint density at radius 3 is 2.86 bits per heavy atom. The molecule has 0 amide bonds. The summed E-state index contributed by atoms with van der Waals surface area (Å²) in [6.07, 6.45) is 6.14. The summed E-state index contributed by atoms with van der Waals surface area (Å²) in [5.41, 5.74) is 3.87. The molecule has 1 saturated heterocycles. The first-order valence-corrected chi connectivity index (χ1v) is 7.72. The monoisotopic (exact) mass is 285 g/mol. The van der Waals surface area contributed by atoms with Gasteiger partial charge in [0.2, 0.25) is 0 Å². The van der Waals surface area contributed by atoms with E-state index in [0.29, 0.717) is 12.0 Å². The van der Waals surface area contributed by atoms with Gasteiger partial charge in [-0.25, -0.2) is 4.98 Å². The van der Waals surface area contributed by atoms with E-state index in [1.54, 1.807) is 6.20 Å². The molecule has 0 saturated carbocycles. The lowest BCUT2D eigenvalue weighted by Crippen LogP contribution is -2.39. The van der Waals surface area contributed by atoms with Gasteiger partial charge in [0.05, 0.1) is 11.9 Å². The van der Waals surface area contributed by atoms with Crippen LogP contribution < -0.4 is 0 Å². The van der Waals surface area contributed by atoms with Gasteiger partial charge in [-0.2, -0.15) is 5.10 Å². The maximum absolute atomic E-state index is 4.80. The van der Waals surface area contributed by atoms with E-state index < -0.39 is 0 Å². The number of nitrogens with zero attached hydrogens (tertiary/aromatic N) is 4. The van der Waals surface area contributed by atoms with Gasteiger partial charge in [-0.05, 0) is 46.2 Å². The number of likely N-dealkylation sites (tertiary alicyclic amines) is 1. The number of hydrogen-bond donors (Lipinski definition) is 1. The van der Waals surface area contributed by atoms with Crippen molar-refractivity contribution >= 4 is 0 Å². The Balaban J connectivity index is 1.82. The first-order valence-electron chi connectivity index (χ1n) is 7.72. The summed E-state index contributed by atoms with van der Waals surface area (Å²) in [5.74, 6) is 0.480. The number of aromatic nitrogens is 4. The van der Waals surface area contributed by atoms with Crippen LogP contribution in [-0.4, -0.2) is 44.2 Å². The van der Waals surface area contributed by atoms with Crippen molar-refractivity contribution in [2.75, 3.05) is 13.1 Å². The normalized spacial score (nSPS) is 20.1. The number of hydrogen-bond acceptors (Lipinski definition) is 4. The molecule has 0 aliphatic carbocycles. The minimum atomic E-state index is 0.480. The average molecular weight is 285 g/mol. The molecular weight excluding hydrogens is 262 g/mol. The van der Waals surface area contributed by atoms with Crippen LogP contribution in [0.5, 0.6) is 0 Å². The molecule has 1 aliphatic rings. The van der Waals surface area contributed by atoms with Crippen molar-refractivity contribution in [1.82, 2.24) is 25.1 Å². The number of aromatic amines is 1. The van der Waals surface area contributed by atoms with E-state index in [-0.39, 0.29) is 0 Å². The molecule has 5 heteroatoms. The minimum Gasteiger partial charge on any atom is -0.300 e. The SMILES string of the molecule is Cc1cc(-c2cncc(C3CCCN(C(C)C)C3)n2)n[nH]1. The summed E-state index contributed by atoms with van der Waals surface area (Å²) in [5, 5.41) is 7.24. The summed E-state index contributed by atoms with van der Waals surface area (Å²) in [6, 6.07) is 2.60. The highest BCUT2D eigenvalue weighted by Crippen LogP contribution is 2.27. The topological polar surface area (TPSA) is 57.7 Å².